The van der Waals surface area contributed by atoms with Crippen molar-refractivity contribution in [2.45, 2.75) is 140 Å². The fourth-order valence-electron chi connectivity index (χ4n) is 10.7. The minimum atomic E-state index is -1.19. The molecule has 0 aromatic heterocycles. The smallest absolute Gasteiger partial charge is 0.331 e. The lowest BCUT2D eigenvalue weighted by molar-refractivity contribution is -0.278. The van der Waals surface area contributed by atoms with Crippen LogP contribution in [0.15, 0.2) is 11.6 Å². The van der Waals surface area contributed by atoms with E-state index < -0.39 is 28.7 Å². The highest BCUT2D eigenvalue weighted by Crippen LogP contribution is 2.70. The van der Waals surface area contributed by atoms with Gasteiger partial charge in [-0.05, 0) is 95.5 Å². The zero-order chi connectivity index (χ0) is 29.0. The van der Waals surface area contributed by atoms with Crippen LogP contribution in [0.5, 0.6) is 0 Å². The van der Waals surface area contributed by atoms with Crippen LogP contribution in [0.3, 0.4) is 0 Å². The fraction of sp³-hybridized carbons (Fsp3) is 0.875. The van der Waals surface area contributed by atoms with Crippen LogP contribution < -0.4 is 0 Å². The van der Waals surface area contributed by atoms with Crippen LogP contribution in [0.4, 0.5) is 0 Å². The molecule has 2 saturated heterocycles. The Morgan fingerprint density at radius 1 is 1.00 bits per heavy atom. The van der Waals surface area contributed by atoms with E-state index in [0.717, 1.165) is 31.1 Å². The van der Waals surface area contributed by atoms with Gasteiger partial charge in [0.15, 0.2) is 12.1 Å². The summed E-state index contributed by atoms with van der Waals surface area (Å²) in [4.78, 5) is 24.9. The molecule has 4 aliphatic carbocycles. The molecule has 7 rings (SSSR count). The van der Waals surface area contributed by atoms with Crippen molar-refractivity contribution in [1.29, 1.82) is 0 Å². The van der Waals surface area contributed by atoms with Gasteiger partial charge in [-0.1, -0.05) is 6.92 Å². The van der Waals surface area contributed by atoms with Crippen molar-refractivity contribution < 1.29 is 43.5 Å². The lowest BCUT2D eigenvalue weighted by Gasteiger charge is -2.65. The lowest BCUT2D eigenvalue weighted by atomic mass is 9.41. The van der Waals surface area contributed by atoms with Gasteiger partial charge >= 0.3 is 5.97 Å². The summed E-state index contributed by atoms with van der Waals surface area (Å²) in [6.07, 6.45) is 7.78. The molecule has 2 N–H and O–H groups in total. The molecule has 7 aliphatic rings. The van der Waals surface area contributed by atoms with Gasteiger partial charge < -0.3 is 38.7 Å². The number of hydrogen-bond donors (Lipinski definition) is 2. The molecule has 0 bridgehead atoms. The summed E-state index contributed by atoms with van der Waals surface area (Å²) in [6.45, 7) is 8.28. The predicted octanol–water partition coefficient (Wildman–Crippen LogP) is 3.58. The topological polar surface area (TPSA) is 121 Å². The number of esters is 1. The summed E-state index contributed by atoms with van der Waals surface area (Å²) in [7, 11) is 0. The number of hydrogen-bond acceptors (Lipinski definition) is 9. The Labute approximate surface area is 242 Å². The number of ether oxygens (including phenoxy) is 5. The molecule has 0 amide bonds. The van der Waals surface area contributed by atoms with Crippen molar-refractivity contribution in [3.63, 3.8) is 0 Å². The number of aldehydes is 1. The maximum absolute atomic E-state index is 13.1. The summed E-state index contributed by atoms with van der Waals surface area (Å²) in [6, 6.07) is 0. The summed E-state index contributed by atoms with van der Waals surface area (Å²) in [5, 5.41) is 24.7. The Hall–Kier alpha value is -1.36. The fourth-order valence-corrected chi connectivity index (χ4v) is 10.7. The van der Waals surface area contributed by atoms with Crippen molar-refractivity contribution in [1.82, 2.24) is 0 Å². The number of aliphatic hydroxyl groups is 2. The van der Waals surface area contributed by atoms with E-state index in [9.17, 15) is 19.8 Å². The third kappa shape index (κ3) is 4.02. The van der Waals surface area contributed by atoms with Gasteiger partial charge in [0.05, 0.1) is 34.9 Å². The van der Waals surface area contributed by atoms with Crippen molar-refractivity contribution in [2.75, 3.05) is 6.61 Å². The average Bonchev–Trinajstić information content (AvgIpc) is 3.55. The molecule has 4 saturated carbocycles. The summed E-state index contributed by atoms with van der Waals surface area (Å²) < 4.78 is 30.0. The number of carbonyl (C=O) groups is 2. The number of rotatable bonds is 4. The van der Waals surface area contributed by atoms with Gasteiger partial charge in [0.1, 0.15) is 19.0 Å². The molecule has 0 unspecified atom stereocenters. The standard InChI is InChI=1S/C32H46O9/c1-18-27-24(40-28(2,3)41-27)14-26(38-18)39-20-5-10-30(17-33)22-6-9-29(4)21(19-13-25(34)37-16-19)8-12-32(29,36)23(22)7-11-31(30,35)15-20/h13,17-18,20-24,26-27,35-36H,5-12,14-16H2,1-4H3/t18-,20-,21-,22+,23-,24-,26+,27-,29-,30+,31+,32+/m1/s1. The lowest BCUT2D eigenvalue weighted by Crippen LogP contribution is -2.69. The first-order valence-electron chi connectivity index (χ1n) is 15.8. The molecule has 41 heavy (non-hydrogen) atoms. The van der Waals surface area contributed by atoms with Crippen LogP contribution in [0.1, 0.15) is 91.9 Å². The number of carbonyl (C=O) groups excluding carboxylic acids is 2. The van der Waals surface area contributed by atoms with E-state index in [2.05, 4.69) is 6.92 Å². The minimum Gasteiger partial charge on any atom is -0.458 e. The van der Waals surface area contributed by atoms with Crippen LogP contribution in [-0.4, -0.2) is 76.8 Å². The van der Waals surface area contributed by atoms with Crippen molar-refractivity contribution in [3.05, 3.63) is 11.6 Å². The van der Waals surface area contributed by atoms with Crippen LogP contribution in [0, 0.1) is 28.6 Å². The molecule has 6 fully saturated rings. The maximum Gasteiger partial charge on any atom is 0.331 e. The van der Waals surface area contributed by atoms with Crippen molar-refractivity contribution in [3.8, 4) is 0 Å². The molecule has 3 aliphatic heterocycles. The zero-order valence-corrected chi connectivity index (χ0v) is 24.8. The highest BCUT2D eigenvalue weighted by molar-refractivity contribution is 5.85. The molecule has 0 aromatic carbocycles. The van der Waals surface area contributed by atoms with E-state index >= 15 is 0 Å². The quantitative estimate of drug-likeness (QED) is 0.295. The second-order valence-corrected chi connectivity index (χ2v) is 14.9. The summed E-state index contributed by atoms with van der Waals surface area (Å²) in [5.74, 6) is -1.02. The molecule has 3 heterocycles. The van der Waals surface area contributed by atoms with E-state index in [1.54, 1.807) is 6.08 Å². The Balaban J connectivity index is 1.08. The first-order chi connectivity index (χ1) is 19.3. The first-order valence-corrected chi connectivity index (χ1v) is 15.8. The molecule has 9 nitrogen and oxygen atoms in total. The maximum atomic E-state index is 13.1. The molecule has 0 spiro atoms. The normalized spacial score (nSPS) is 53.9. The van der Waals surface area contributed by atoms with Gasteiger partial charge in [-0.15, -0.1) is 0 Å². The van der Waals surface area contributed by atoms with Crippen LogP contribution in [0.25, 0.3) is 0 Å². The zero-order valence-electron chi connectivity index (χ0n) is 24.8. The molecular formula is C32H46O9. The molecule has 9 heteroatoms. The Morgan fingerprint density at radius 2 is 1.78 bits per heavy atom. The monoisotopic (exact) mass is 574 g/mol. The van der Waals surface area contributed by atoms with Crippen molar-refractivity contribution >= 4 is 12.3 Å². The Morgan fingerprint density at radius 3 is 2.51 bits per heavy atom. The highest BCUT2D eigenvalue weighted by atomic mass is 16.8. The molecule has 0 radical (unpaired) electrons. The van der Waals surface area contributed by atoms with Crippen LogP contribution in [-0.2, 0) is 33.3 Å². The van der Waals surface area contributed by atoms with E-state index in [-0.39, 0.29) is 53.6 Å². The molecule has 228 valence electrons. The molecular weight excluding hydrogens is 528 g/mol. The highest BCUT2D eigenvalue weighted by Gasteiger charge is 2.71. The second-order valence-electron chi connectivity index (χ2n) is 14.9. The second kappa shape index (κ2) is 9.32. The summed E-state index contributed by atoms with van der Waals surface area (Å²) in [5.41, 5.74) is -2.44. The minimum absolute atomic E-state index is 0.0739. The van der Waals surface area contributed by atoms with Gasteiger partial charge in [0, 0.05) is 24.3 Å². The SMILES string of the molecule is C[C@H]1O[C@@H](O[C@@H]2CC[C@]3(C=O)[C@H]4CC[C@]5(C)[C@@H](C6=CC(=O)OC6)CC[C@]5(O)[C@@H]4CC[C@]3(O)C2)C[C@H]2OC(C)(C)O[C@H]12. The van der Waals surface area contributed by atoms with Gasteiger partial charge in [-0.2, -0.15) is 0 Å². The van der Waals surface area contributed by atoms with Crippen molar-refractivity contribution in [2.24, 2.45) is 28.6 Å². The molecule has 12 atom stereocenters. The Kier molecular flexibility index (Phi) is 6.46. The average molecular weight is 575 g/mol. The largest absolute Gasteiger partial charge is 0.458 e. The van der Waals surface area contributed by atoms with Crippen LogP contribution >= 0.6 is 0 Å². The molecule has 0 aromatic rings. The predicted molar refractivity (Wildman–Crippen MR) is 145 cm³/mol. The number of fused-ring (bicyclic) bond motifs is 6. The first kappa shape index (κ1) is 28.4. The summed E-state index contributed by atoms with van der Waals surface area (Å²) >= 11 is 0. The number of cyclic esters (lactones) is 1. The van der Waals surface area contributed by atoms with E-state index in [1.807, 2.05) is 20.8 Å². The van der Waals surface area contributed by atoms with E-state index in [1.165, 1.54) is 0 Å². The van der Waals surface area contributed by atoms with Gasteiger partial charge in [-0.3, -0.25) is 0 Å². The van der Waals surface area contributed by atoms with E-state index in [0.29, 0.717) is 51.6 Å². The van der Waals surface area contributed by atoms with Gasteiger partial charge in [-0.25, -0.2) is 4.79 Å². The van der Waals surface area contributed by atoms with Gasteiger partial charge in [0.2, 0.25) is 0 Å². The van der Waals surface area contributed by atoms with Crippen LogP contribution in [0.2, 0.25) is 0 Å². The van der Waals surface area contributed by atoms with E-state index in [4.69, 9.17) is 23.7 Å². The third-order valence-electron chi connectivity index (χ3n) is 12.7. The third-order valence-corrected chi connectivity index (χ3v) is 12.7. The van der Waals surface area contributed by atoms with Gasteiger partial charge in [0.25, 0.3) is 0 Å². The Bertz CT molecular complexity index is 1140.